The Bertz CT molecular complexity index is 792. The van der Waals surface area contributed by atoms with Crippen LogP contribution in [0.3, 0.4) is 0 Å². The lowest BCUT2D eigenvalue weighted by Gasteiger charge is -2.15. The first-order valence-corrected chi connectivity index (χ1v) is 17.8. The fourth-order valence-electron chi connectivity index (χ4n) is 4.52. The minimum Gasteiger partial charge on any atom is -0.462 e. The fraction of sp³-hybridized carbons (Fsp3) is 0.692. The third-order valence-corrected chi connectivity index (χ3v) is 7.28. The lowest BCUT2D eigenvalue weighted by atomic mass is 10.1. The standard InChI is InChI=1S/C39H66O5/c1-3-5-7-9-11-13-15-16-17-18-19-20-21-22-24-25-27-29-31-33-38(41)43-36-37(35-40)44-39(42)34-32-30-28-26-23-14-12-10-8-6-4-2/h10-13,16-17,19-20,22,24,37,40H,3-9,14-15,18,21,23,25-36H2,1-2H3/b12-10-,13-11-,17-16-,20-19-,24-22-/t37-/m0/s1. The molecule has 0 aliphatic rings. The van der Waals surface area contributed by atoms with Crippen LogP contribution in [0.15, 0.2) is 60.8 Å². The fourth-order valence-corrected chi connectivity index (χ4v) is 4.52. The minimum absolute atomic E-state index is 0.0882. The van der Waals surface area contributed by atoms with Gasteiger partial charge < -0.3 is 14.6 Å². The van der Waals surface area contributed by atoms with E-state index in [1.54, 1.807) is 0 Å². The largest absolute Gasteiger partial charge is 0.462 e. The van der Waals surface area contributed by atoms with Crippen LogP contribution < -0.4 is 0 Å². The Morgan fingerprint density at radius 1 is 0.523 bits per heavy atom. The van der Waals surface area contributed by atoms with Crippen LogP contribution in [0.25, 0.3) is 0 Å². The Labute approximate surface area is 271 Å². The van der Waals surface area contributed by atoms with Gasteiger partial charge in [-0.05, 0) is 77.0 Å². The van der Waals surface area contributed by atoms with E-state index in [-0.39, 0.29) is 25.2 Å². The van der Waals surface area contributed by atoms with Gasteiger partial charge in [-0.25, -0.2) is 0 Å². The molecule has 0 heterocycles. The molecule has 0 saturated carbocycles. The Balaban J connectivity index is 3.68. The van der Waals surface area contributed by atoms with Crippen molar-refractivity contribution in [2.24, 2.45) is 0 Å². The van der Waals surface area contributed by atoms with Crippen molar-refractivity contribution in [1.29, 1.82) is 0 Å². The molecule has 0 aromatic carbocycles. The maximum atomic E-state index is 12.1. The number of aliphatic hydroxyl groups is 1. The maximum Gasteiger partial charge on any atom is 0.306 e. The van der Waals surface area contributed by atoms with Crippen LogP contribution in [0.5, 0.6) is 0 Å². The Morgan fingerprint density at radius 2 is 0.932 bits per heavy atom. The van der Waals surface area contributed by atoms with E-state index in [1.807, 2.05) is 0 Å². The molecular formula is C39H66O5. The minimum atomic E-state index is -0.789. The van der Waals surface area contributed by atoms with Crippen molar-refractivity contribution in [3.8, 4) is 0 Å². The molecule has 0 saturated heterocycles. The first-order chi connectivity index (χ1) is 21.6. The zero-order valence-corrected chi connectivity index (χ0v) is 28.4. The zero-order valence-electron chi connectivity index (χ0n) is 28.4. The van der Waals surface area contributed by atoms with E-state index < -0.39 is 6.10 Å². The number of aliphatic hydroxyl groups excluding tert-OH is 1. The van der Waals surface area contributed by atoms with Gasteiger partial charge in [0, 0.05) is 12.8 Å². The second-order valence-corrected chi connectivity index (χ2v) is 11.6. The van der Waals surface area contributed by atoms with Gasteiger partial charge in [-0.2, -0.15) is 0 Å². The summed E-state index contributed by atoms with van der Waals surface area (Å²) >= 11 is 0. The van der Waals surface area contributed by atoms with Gasteiger partial charge in [0.2, 0.25) is 0 Å². The quantitative estimate of drug-likeness (QED) is 0.0478. The number of carbonyl (C=O) groups excluding carboxylic acids is 2. The van der Waals surface area contributed by atoms with E-state index in [0.29, 0.717) is 12.8 Å². The van der Waals surface area contributed by atoms with Gasteiger partial charge in [-0.1, -0.05) is 126 Å². The van der Waals surface area contributed by atoms with Crippen LogP contribution in [-0.4, -0.2) is 36.4 Å². The number of ether oxygens (including phenoxy) is 2. The summed E-state index contributed by atoms with van der Waals surface area (Å²) in [6, 6.07) is 0. The van der Waals surface area contributed by atoms with E-state index in [4.69, 9.17) is 9.47 Å². The average Bonchev–Trinajstić information content (AvgIpc) is 3.02. The zero-order chi connectivity index (χ0) is 32.2. The van der Waals surface area contributed by atoms with Crippen molar-refractivity contribution in [3.63, 3.8) is 0 Å². The number of carbonyl (C=O) groups is 2. The summed E-state index contributed by atoms with van der Waals surface area (Å²) in [5, 5.41) is 9.50. The molecule has 0 fully saturated rings. The second-order valence-electron chi connectivity index (χ2n) is 11.6. The lowest BCUT2D eigenvalue weighted by molar-refractivity contribution is -0.161. The topological polar surface area (TPSA) is 72.8 Å². The van der Waals surface area contributed by atoms with Gasteiger partial charge in [0.05, 0.1) is 6.61 Å². The third-order valence-electron chi connectivity index (χ3n) is 7.28. The lowest BCUT2D eigenvalue weighted by Crippen LogP contribution is -2.28. The van der Waals surface area contributed by atoms with Gasteiger partial charge in [-0.3, -0.25) is 9.59 Å². The van der Waals surface area contributed by atoms with Crippen LogP contribution in [0.2, 0.25) is 0 Å². The summed E-state index contributed by atoms with van der Waals surface area (Å²) in [5.41, 5.74) is 0. The Kier molecular flexibility index (Phi) is 33.2. The first-order valence-electron chi connectivity index (χ1n) is 17.8. The summed E-state index contributed by atoms with van der Waals surface area (Å²) in [5.74, 6) is -0.645. The van der Waals surface area contributed by atoms with Crippen LogP contribution in [0.4, 0.5) is 0 Å². The molecule has 5 heteroatoms. The second kappa shape index (κ2) is 35.1. The highest BCUT2D eigenvalue weighted by atomic mass is 16.6. The van der Waals surface area contributed by atoms with Crippen molar-refractivity contribution >= 4 is 11.9 Å². The van der Waals surface area contributed by atoms with Gasteiger partial charge in [0.25, 0.3) is 0 Å². The van der Waals surface area contributed by atoms with Gasteiger partial charge in [0.1, 0.15) is 6.61 Å². The highest BCUT2D eigenvalue weighted by molar-refractivity contribution is 5.70. The predicted molar refractivity (Wildman–Crippen MR) is 187 cm³/mol. The maximum absolute atomic E-state index is 12.1. The summed E-state index contributed by atoms with van der Waals surface area (Å²) < 4.78 is 10.5. The number of rotatable bonds is 31. The monoisotopic (exact) mass is 614 g/mol. The molecule has 0 spiro atoms. The molecule has 252 valence electrons. The van der Waals surface area contributed by atoms with Crippen molar-refractivity contribution in [2.75, 3.05) is 13.2 Å². The molecule has 0 aliphatic heterocycles. The van der Waals surface area contributed by atoms with Crippen LogP contribution >= 0.6 is 0 Å². The molecule has 0 radical (unpaired) electrons. The molecule has 1 atom stereocenters. The molecule has 0 bridgehead atoms. The molecule has 0 aromatic heterocycles. The van der Waals surface area contributed by atoms with E-state index in [1.165, 1.54) is 57.8 Å². The predicted octanol–water partition coefficient (Wildman–Crippen LogP) is 10.8. The SMILES string of the molecule is CCCC/C=C\CCCCCCCC(=O)O[C@@H](CO)COC(=O)CCCCC/C=C\C/C=C\C/C=C\C/C=C\CCCCC. The molecule has 0 amide bonds. The summed E-state index contributed by atoms with van der Waals surface area (Å²) in [6.45, 7) is 4.01. The molecule has 0 rings (SSSR count). The van der Waals surface area contributed by atoms with Crippen LogP contribution in [-0.2, 0) is 19.1 Å². The highest BCUT2D eigenvalue weighted by Gasteiger charge is 2.16. The third kappa shape index (κ3) is 32.5. The summed E-state index contributed by atoms with van der Waals surface area (Å²) in [7, 11) is 0. The molecule has 0 unspecified atom stereocenters. The van der Waals surface area contributed by atoms with E-state index >= 15 is 0 Å². The van der Waals surface area contributed by atoms with E-state index in [2.05, 4.69) is 74.6 Å². The van der Waals surface area contributed by atoms with Gasteiger partial charge >= 0.3 is 11.9 Å². The normalized spacial score (nSPS) is 12.9. The smallest absolute Gasteiger partial charge is 0.306 e. The summed E-state index contributed by atoms with van der Waals surface area (Å²) in [4.78, 5) is 24.1. The highest BCUT2D eigenvalue weighted by Crippen LogP contribution is 2.10. The van der Waals surface area contributed by atoms with Crippen LogP contribution in [0.1, 0.15) is 155 Å². The number of allylic oxidation sites excluding steroid dienone is 10. The molecule has 0 aromatic rings. The van der Waals surface area contributed by atoms with Crippen LogP contribution in [0, 0.1) is 0 Å². The van der Waals surface area contributed by atoms with Gasteiger partial charge in [0.15, 0.2) is 6.10 Å². The first kappa shape index (κ1) is 41.6. The molecule has 1 N–H and O–H groups in total. The number of unbranched alkanes of at least 4 members (excludes halogenated alkanes) is 13. The molecule has 44 heavy (non-hydrogen) atoms. The Morgan fingerprint density at radius 3 is 1.48 bits per heavy atom. The summed E-state index contributed by atoms with van der Waals surface area (Å²) in [6.07, 6.45) is 44.2. The molecular weight excluding hydrogens is 548 g/mol. The van der Waals surface area contributed by atoms with E-state index in [9.17, 15) is 14.7 Å². The van der Waals surface area contributed by atoms with Crippen molar-refractivity contribution in [2.45, 2.75) is 161 Å². The average molecular weight is 615 g/mol. The van der Waals surface area contributed by atoms with Crippen molar-refractivity contribution in [1.82, 2.24) is 0 Å². The van der Waals surface area contributed by atoms with Crippen molar-refractivity contribution in [3.05, 3.63) is 60.8 Å². The Hall–Kier alpha value is -2.40. The number of hydrogen-bond acceptors (Lipinski definition) is 5. The number of esters is 2. The van der Waals surface area contributed by atoms with Gasteiger partial charge in [-0.15, -0.1) is 0 Å². The van der Waals surface area contributed by atoms with E-state index in [0.717, 1.165) is 70.6 Å². The molecule has 0 aliphatic carbocycles. The number of hydrogen-bond donors (Lipinski definition) is 1. The molecule has 5 nitrogen and oxygen atoms in total. The van der Waals surface area contributed by atoms with Crippen molar-refractivity contribution < 1.29 is 24.2 Å².